The lowest BCUT2D eigenvalue weighted by Crippen LogP contribution is -2.12. The summed E-state index contributed by atoms with van der Waals surface area (Å²) < 4.78 is 1.40. The molecule has 0 aliphatic carbocycles. The molecule has 1 heterocycles. The molecule has 0 N–H and O–H groups in total. The Morgan fingerprint density at radius 2 is 1.94 bits per heavy atom. The Hall–Kier alpha value is -1.94. The minimum atomic E-state index is 0.440. The van der Waals surface area contributed by atoms with Gasteiger partial charge in [-0.2, -0.15) is 0 Å². The van der Waals surface area contributed by atoms with E-state index in [-0.39, 0.29) is 0 Å². The first-order valence-corrected chi connectivity index (χ1v) is 5.36. The van der Waals surface area contributed by atoms with E-state index >= 15 is 0 Å². The van der Waals surface area contributed by atoms with Crippen LogP contribution in [0.5, 0.6) is 0 Å². The van der Waals surface area contributed by atoms with Gasteiger partial charge >= 0.3 is 0 Å². The second-order valence-corrected chi connectivity index (χ2v) is 4.21. The van der Waals surface area contributed by atoms with Crippen LogP contribution in [-0.2, 0) is 11.3 Å². The Kier molecular flexibility index (Phi) is 3.06. The van der Waals surface area contributed by atoms with E-state index in [1.54, 1.807) is 0 Å². The summed E-state index contributed by atoms with van der Waals surface area (Å²) in [6.45, 7) is 0.634. The first-order valence-electron chi connectivity index (χ1n) is 5.36. The Bertz CT molecular complexity index is 570. The zero-order valence-electron chi connectivity index (χ0n) is 9.88. The molecule has 0 radical (unpaired) electrons. The van der Waals surface area contributed by atoms with Gasteiger partial charge in [0.05, 0.1) is 11.2 Å². The van der Waals surface area contributed by atoms with Gasteiger partial charge in [0.15, 0.2) is 6.29 Å². The van der Waals surface area contributed by atoms with Crippen molar-refractivity contribution < 1.29 is 9.59 Å². The third-order valence-corrected chi connectivity index (χ3v) is 2.75. The molecular formula is C13H14N2O2. The van der Waals surface area contributed by atoms with Crippen LogP contribution in [0.2, 0.25) is 0 Å². The molecule has 1 aromatic carbocycles. The van der Waals surface area contributed by atoms with E-state index in [1.807, 2.05) is 43.3 Å². The quantitative estimate of drug-likeness (QED) is 0.748. The van der Waals surface area contributed by atoms with Gasteiger partial charge in [0.2, 0.25) is 6.41 Å². The van der Waals surface area contributed by atoms with Gasteiger partial charge in [-0.3, -0.25) is 14.2 Å². The molecular weight excluding hydrogens is 216 g/mol. The molecule has 2 rings (SSSR count). The van der Waals surface area contributed by atoms with Crippen LogP contribution < -0.4 is 0 Å². The predicted molar refractivity (Wildman–Crippen MR) is 66.9 cm³/mol. The summed E-state index contributed by atoms with van der Waals surface area (Å²) in [4.78, 5) is 24.2. The van der Waals surface area contributed by atoms with E-state index in [9.17, 15) is 9.59 Å². The highest BCUT2D eigenvalue weighted by molar-refractivity contribution is 5.97. The number of benzene rings is 1. The highest BCUT2D eigenvalue weighted by atomic mass is 16.1. The maximum Gasteiger partial charge on any atom is 0.218 e. The zero-order valence-corrected chi connectivity index (χ0v) is 9.88. The fourth-order valence-electron chi connectivity index (χ4n) is 2.08. The van der Waals surface area contributed by atoms with Crippen molar-refractivity contribution in [1.29, 1.82) is 0 Å². The molecule has 0 saturated carbocycles. The standard InChI is InChI=1S/C13H14N2O2/c1-14(2)7-11-10-5-3-4-6-12(10)15(9-17)13(11)8-16/h3-6,8-9H,7H2,1-2H3. The molecule has 0 fully saturated rings. The molecule has 0 bridgehead atoms. The van der Waals surface area contributed by atoms with Crippen LogP contribution in [0.4, 0.5) is 0 Å². The average Bonchev–Trinajstić information content (AvgIpc) is 2.62. The van der Waals surface area contributed by atoms with Crippen molar-refractivity contribution in [2.45, 2.75) is 6.54 Å². The second-order valence-electron chi connectivity index (χ2n) is 4.21. The van der Waals surface area contributed by atoms with Crippen LogP contribution in [0.25, 0.3) is 10.9 Å². The number of aldehydes is 1. The maximum absolute atomic E-state index is 11.2. The van der Waals surface area contributed by atoms with Gasteiger partial charge in [-0.25, -0.2) is 0 Å². The number of hydrogen-bond acceptors (Lipinski definition) is 3. The smallest absolute Gasteiger partial charge is 0.218 e. The molecule has 0 amide bonds. The first kappa shape index (κ1) is 11.5. The largest absolute Gasteiger partial charge is 0.305 e. The van der Waals surface area contributed by atoms with E-state index in [4.69, 9.17) is 0 Å². The number of hydrogen-bond donors (Lipinski definition) is 0. The summed E-state index contributed by atoms with van der Waals surface area (Å²) in [5, 5.41) is 0.954. The lowest BCUT2D eigenvalue weighted by molar-refractivity contribution is 0.111. The average molecular weight is 230 g/mol. The van der Waals surface area contributed by atoms with Crippen molar-refractivity contribution in [3.63, 3.8) is 0 Å². The van der Waals surface area contributed by atoms with Gasteiger partial charge < -0.3 is 4.90 Å². The van der Waals surface area contributed by atoms with Crippen LogP contribution >= 0.6 is 0 Å². The summed E-state index contributed by atoms with van der Waals surface area (Å²) >= 11 is 0. The fraction of sp³-hybridized carbons (Fsp3) is 0.231. The molecule has 88 valence electrons. The number of para-hydroxylation sites is 1. The van der Waals surface area contributed by atoms with Crippen LogP contribution in [0.1, 0.15) is 16.1 Å². The van der Waals surface area contributed by atoms with Gasteiger partial charge in [-0.05, 0) is 20.2 Å². The van der Waals surface area contributed by atoms with E-state index in [0.717, 1.165) is 22.8 Å². The van der Waals surface area contributed by atoms with Gasteiger partial charge in [-0.15, -0.1) is 0 Å². The Morgan fingerprint density at radius 3 is 2.53 bits per heavy atom. The monoisotopic (exact) mass is 230 g/mol. The van der Waals surface area contributed by atoms with E-state index in [1.165, 1.54) is 4.57 Å². The van der Waals surface area contributed by atoms with Gasteiger partial charge in [-0.1, -0.05) is 18.2 Å². The number of carbonyl (C=O) groups is 2. The van der Waals surface area contributed by atoms with Crippen LogP contribution in [0.15, 0.2) is 24.3 Å². The molecule has 0 aliphatic heterocycles. The molecule has 0 saturated heterocycles. The van der Waals surface area contributed by atoms with Crippen molar-refractivity contribution in [2.24, 2.45) is 0 Å². The van der Waals surface area contributed by atoms with Crippen molar-refractivity contribution in [3.05, 3.63) is 35.5 Å². The Morgan fingerprint density at radius 1 is 1.24 bits per heavy atom. The lowest BCUT2D eigenvalue weighted by atomic mass is 10.1. The molecule has 4 heteroatoms. The number of carbonyl (C=O) groups excluding carboxylic acids is 2. The number of fused-ring (bicyclic) bond motifs is 1. The topological polar surface area (TPSA) is 42.3 Å². The molecule has 0 atom stereocenters. The number of rotatable bonds is 4. The van der Waals surface area contributed by atoms with E-state index in [2.05, 4.69) is 0 Å². The van der Waals surface area contributed by atoms with Crippen LogP contribution in [0, 0.1) is 0 Å². The number of aromatic nitrogens is 1. The first-order chi connectivity index (χ1) is 8.19. The van der Waals surface area contributed by atoms with Gasteiger partial charge in [0.25, 0.3) is 0 Å². The predicted octanol–water partition coefficient (Wildman–Crippen LogP) is 1.55. The molecule has 0 spiro atoms. The summed E-state index contributed by atoms with van der Waals surface area (Å²) in [6, 6.07) is 7.54. The maximum atomic E-state index is 11.2. The molecule has 2 aromatic rings. The van der Waals surface area contributed by atoms with E-state index in [0.29, 0.717) is 18.6 Å². The molecule has 1 aromatic heterocycles. The third-order valence-electron chi connectivity index (χ3n) is 2.75. The van der Waals surface area contributed by atoms with Crippen LogP contribution in [0.3, 0.4) is 0 Å². The highest BCUT2D eigenvalue weighted by Gasteiger charge is 2.16. The molecule has 17 heavy (non-hydrogen) atoms. The Balaban J connectivity index is 2.78. The van der Waals surface area contributed by atoms with Crippen LogP contribution in [-0.4, -0.2) is 36.3 Å². The molecule has 0 unspecified atom stereocenters. The zero-order chi connectivity index (χ0) is 12.4. The number of nitrogens with zero attached hydrogens (tertiary/aromatic N) is 2. The Labute approximate surface area is 99.4 Å². The fourth-order valence-corrected chi connectivity index (χ4v) is 2.08. The summed E-state index contributed by atoms with van der Waals surface area (Å²) in [5.74, 6) is 0. The van der Waals surface area contributed by atoms with Crippen molar-refractivity contribution >= 4 is 23.6 Å². The van der Waals surface area contributed by atoms with Gasteiger partial charge in [0, 0.05) is 17.5 Å². The summed E-state index contributed by atoms with van der Waals surface area (Å²) in [7, 11) is 3.86. The minimum Gasteiger partial charge on any atom is -0.305 e. The third kappa shape index (κ3) is 1.87. The van der Waals surface area contributed by atoms with Crippen molar-refractivity contribution in [2.75, 3.05) is 14.1 Å². The lowest BCUT2D eigenvalue weighted by Gasteiger charge is -2.09. The molecule has 0 aliphatic rings. The minimum absolute atomic E-state index is 0.440. The van der Waals surface area contributed by atoms with Crippen molar-refractivity contribution in [1.82, 2.24) is 9.47 Å². The van der Waals surface area contributed by atoms with Crippen molar-refractivity contribution in [3.8, 4) is 0 Å². The SMILES string of the molecule is CN(C)Cc1c(C=O)n(C=O)c2ccccc12. The molecule has 4 nitrogen and oxygen atoms in total. The van der Waals surface area contributed by atoms with Gasteiger partial charge in [0.1, 0.15) is 0 Å². The second kappa shape index (κ2) is 4.51. The highest BCUT2D eigenvalue weighted by Crippen LogP contribution is 2.25. The summed E-state index contributed by atoms with van der Waals surface area (Å²) in [5.41, 5.74) is 2.11. The van der Waals surface area contributed by atoms with E-state index < -0.39 is 0 Å². The summed E-state index contributed by atoms with van der Waals surface area (Å²) in [6.07, 6.45) is 1.43. The normalized spacial score (nSPS) is 11.0.